The van der Waals surface area contributed by atoms with Crippen LogP contribution < -0.4 is 18.9 Å². The average Bonchev–Trinajstić information content (AvgIpc) is 3.98. The standard InChI is InChI=1S/C64H48O4S/c1-65-48-32-24-44(25-33-48)56-53(57(45-26-34-49(66-2)35-27-45)61(47-30-38-51(68-4)39-31-47)60(56)46-28-36-50(67-3)37-29-46)40-54-58(41-16-8-5-9-17-41)59(42-18-10-6-11-19-42)62(43-20-12-7-13-21-43)63-52-22-14-15-23-55(52)69-64(54)63/h5-40H,1-4H3. The zero-order valence-electron chi connectivity index (χ0n) is 38.8. The zero-order valence-corrected chi connectivity index (χ0v) is 39.6. The van der Waals surface area contributed by atoms with Crippen molar-refractivity contribution < 1.29 is 18.9 Å². The van der Waals surface area contributed by atoms with Crippen LogP contribution in [0.3, 0.4) is 0 Å². The van der Waals surface area contributed by atoms with E-state index in [1.54, 1.807) is 28.4 Å². The SMILES string of the molecule is COc1ccc(C2=C(c3ccc(OC)cc3)C(c3ccc(OC)cc3)=C(c3ccc(OC)cc3)C2=Cc2c(-c3ccccc3)c(-c3ccccc3)c(-c3ccccc3)c3c2sc2ccccc23)cc1. The summed E-state index contributed by atoms with van der Waals surface area (Å²) in [6, 6.07) is 75.6. The van der Waals surface area contributed by atoms with E-state index in [9.17, 15) is 0 Å². The van der Waals surface area contributed by atoms with E-state index in [-0.39, 0.29) is 0 Å². The molecule has 0 aliphatic heterocycles. The summed E-state index contributed by atoms with van der Waals surface area (Å²) < 4.78 is 25.5. The maximum absolute atomic E-state index is 5.78. The molecule has 10 aromatic rings. The molecule has 11 rings (SSSR count). The summed E-state index contributed by atoms with van der Waals surface area (Å²) in [5.41, 5.74) is 17.9. The monoisotopic (exact) mass is 912 g/mol. The van der Waals surface area contributed by atoms with Crippen LogP contribution in [-0.2, 0) is 0 Å². The third-order valence-corrected chi connectivity index (χ3v) is 14.3. The van der Waals surface area contributed by atoms with Gasteiger partial charge < -0.3 is 18.9 Å². The minimum absolute atomic E-state index is 0.787. The number of allylic oxidation sites excluding steroid dienone is 5. The predicted molar refractivity (Wildman–Crippen MR) is 289 cm³/mol. The van der Waals surface area contributed by atoms with Crippen molar-refractivity contribution in [2.45, 2.75) is 0 Å². The Morgan fingerprint density at radius 3 is 1.07 bits per heavy atom. The first-order valence-corrected chi connectivity index (χ1v) is 23.8. The molecule has 0 fully saturated rings. The van der Waals surface area contributed by atoms with Crippen LogP contribution in [-0.4, -0.2) is 28.4 Å². The number of hydrogen-bond acceptors (Lipinski definition) is 5. The molecular weight excluding hydrogens is 865 g/mol. The first kappa shape index (κ1) is 43.2. The van der Waals surface area contributed by atoms with E-state index in [1.165, 1.54) is 42.4 Å². The van der Waals surface area contributed by atoms with Gasteiger partial charge in [0, 0.05) is 25.7 Å². The van der Waals surface area contributed by atoms with E-state index < -0.39 is 0 Å². The van der Waals surface area contributed by atoms with Crippen molar-refractivity contribution in [3.05, 3.63) is 246 Å². The quantitative estimate of drug-likeness (QED) is 0.122. The summed E-state index contributed by atoms with van der Waals surface area (Å²) in [7, 11) is 6.86. The number of ether oxygens (including phenoxy) is 4. The van der Waals surface area contributed by atoms with Crippen molar-refractivity contribution in [1.29, 1.82) is 0 Å². The number of fused-ring (bicyclic) bond motifs is 3. The second-order valence-corrected chi connectivity index (χ2v) is 18.0. The summed E-state index contributed by atoms with van der Waals surface area (Å²) >= 11 is 1.86. The molecule has 0 radical (unpaired) electrons. The molecule has 1 aliphatic rings. The molecule has 0 amide bonds. The fourth-order valence-corrected chi connectivity index (χ4v) is 11.2. The van der Waals surface area contributed by atoms with Gasteiger partial charge in [0.2, 0.25) is 0 Å². The molecule has 0 unspecified atom stereocenters. The molecule has 0 saturated heterocycles. The Morgan fingerprint density at radius 1 is 0.319 bits per heavy atom. The minimum Gasteiger partial charge on any atom is -0.497 e. The van der Waals surface area contributed by atoms with Gasteiger partial charge in [-0.25, -0.2) is 0 Å². The van der Waals surface area contributed by atoms with Gasteiger partial charge in [0.15, 0.2) is 0 Å². The Bertz CT molecular complexity index is 3450. The summed E-state index contributed by atoms with van der Waals surface area (Å²) in [4.78, 5) is 0. The van der Waals surface area contributed by atoms with Gasteiger partial charge in [0.1, 0.15) is 23.0 Å². The Balaban J connectivity index is 1.38. The molecule has 1 aromatic heterocycles. The second-order valence-electron chi connectivity index (χ2n) is 16.9. The molecule has 0 spiro atoms. The highest BCUT2D eigenvalue weighted by Gasteiger charge is 2.34. The van der Waals surface area contributed by atoms with Crippen molar-refractivity contribution in [1.82, 2.24) is 0 Å². The lowest BCUT2D eigenvalue weighted by atomic mass is 9.80. The molecule has 0 atom stereocenters. The minimum atomic E-state index is 0.787. The maximum Gasteiger partial charge on any atom is 0.118 e. The normalized spacial score (nSPS) is 12.5. The summed E-state index contributed by atoms with van der Waals surface area (Å²) in [6.07, 6.45) is 2.50. The largest absolute Gasteiger partial charge is 0.497 e. The first-order valence-electron chi connectivity index (χ1n) is 23.0. The predicted octanol–water partition coefficient (Wildman–Crippen LogP) is 16.7. The molecule has 0 saturated carbocycles. The van der Waals surface area contributed by atoms with Crippen LogP contribution >= 0.6 is 11.3 Å². The zero-order chi connectivity index (χ0) is 46.8. The average molecular weight is 913 g/mol. The van der Waals surface area contributed by atoms with Crippen molar-refractivity contribution in [2.75, 3.05) is 28.4 Å². The molecule has 334 valence electrons. The highest BCUT2D eigenvalue weighted by Crippen LogP contribution is 2.58. The van der Waals surface area contributed by atoms with Gasteiger partial charge in [0.05, 0.1) is 28.4 Å². The van der Waals surface area contributed by atoms with Crippen molar-refractivity contribution in [3.8, 4) is 56.4 Å². The van der Waals surface area contributed by atoms with E-state index in [1.807, 2.05) is 11.3 Å². The molecular formula is C64H48O4S. The number of benzene rings is 9. The van der Waals surface area contributed by atoms with E-state index >= 15 is 0 Å². The van der Waals surface area contributed by atoms with Crippen molar-refractivity contribution >= 4 is 59.9 Å². The molecule has 9 aromatic carbocycles. The highest BCUT2D eigenvalue weighted by atomic mass is 32.1. The second kappa shape index (κ2) is 18.7. The van der Waals surface area contributed by atoms with E-state index in [4.69, 9.17) is 18.9 Å². The summed E-state index contributed by atoms with van der Waals surface area (Å²) in [5, 5.41) is 2.47. The van der Waals surface area contributed by atoms with Crippen molar-refractivity contribution in [3.63, 3.8) is 0 Å². The fourth-order valence-electron chi connectivity index (χ4n) is 9.95. The molecule has 0 N–H and O–H groups in total. The topological polar surface area (TPSA) is 36.9 Å². The molecule has 1 aliphatic carbocycles. The Morgan fingerprint density at radius 2 is 0.667 bits per heavy atom. The van der Waals surface area contributed by atoms with E-state index in [2.05, 4.69) is 218 Å². The smallest absolute Gasteiger partial charge is 0.118 e. The lowest BCUT2D eigenvalue weighted by Crippen LogP contribution is -1.98. The van der Waals surface area contributed by atoms with Crippen LogP contribution in [0.2, 0.25) is 0 Å². The van der Waals surface area contributed by atoms with Crippen LogP contribution in [0.15, 0.2) is 218 Å². The van der Waals surface area contributed by atoms with Gasteiger partial charge in [-0.2, -0.15) is 0 Å². The third kappa shape index (κ3) is 7.87. The Hall–Kier alpha value is -8.38. The number of thiophene rings is 1. The third-order valence-electron chi connectivity index (χ3n) is 13.1. The highest BCUT2D eigenvalue weighted by molar-refractivity contribution is 7.26. The number of hydrogen-bond donors (Lipinski definition) is 0. The van der Waals surface area contributed by atoms with Crippen LogP contribution in [0.5, 0.6) is 23.0 Å². The van der Waals surface area contributed by atoms with Gasteiger partial charge in [-0.1, -0.05) is 158 Å². The molecule has 4 nitrogen and oxygen atoms in total. The van der Waals surface area contributed by atoms with Crippen LogP contribution in [0.25, 0.3) is 81.9 Å². The lowest BCUT2D eigenvalue weighted by molar-refractivity contribution is 0.414. The van der Waals surface area contributed by atoms with Crippen LogP contribution in [0.1, 0.15) is 27.8 Å². The van der Waals surface area contributed by atoms with Crippen LogP contribution in [0.4, 0.5) is 0 Å². The first-order chi connectivity index (χ1) is 34.1. The van der Waals surface area contributed by atoms with Gasteiger partial charge in [-0.15, -0.1) is 11.3 Å². The Labute approximate surface area is 407 Å². The number of methoxy groups -OCH3 is 4. The van der Waals surface area contributed by atoms with E-state index in [0.29, 0.717) is 0 Å². The molecule has 1 heterocycles. The molecule has 69 heavy (non-hydrogen) atoms. The van der Waals surface area contributed by atoms with Gasteiger partial charge in [-0.05, 0) is 144 Å². The van der Waals surface area contributed by atoms with E-state index in [0.717, 1.165) is 89.8 Å². The number of rotatable bonds is 12. The summed E-state index contributed by atoms with van der Waals surface area (Å²) in [5.74, 6) is 3.15. The van der Waals surface area contributed by atoms with Crippen molar-refractivity contribution in [2.24, 2.45) is 0 Å². The summed E-state index contributed by atoms with van der Waals surface area (Å²) in [6.45, 7) is 0. The van der Waals surface area contributed by atoms with Gasteiger partial charge in [0.25, 0.3) is 0 Å². The van der Waals surface area contributed by atoms with Crippen LogP contribution in [0, 0.1) is 0 Å². The van der Waals surface area contributed by atoms with Gasteiger partial charge >= 0.3 is 0 Å². The molecule has 5 heteroatoms. The maximum atomic E-state index is 5.78. The molecule has 0 bridgehead atoms. The van der Waals surface area contributed by atoms with Gasteiger partial charge in [-0.3, -0.25) is 0 Å². The Kier molecular flexibility index (Phi) is 11.7. The fraction of sp³-hybridized carbons (Fsp3) is 0.0625. The lowest BCUT2D eigenvalue weighted by Gasteiger charge is -2.22.